The van der Waals surface area contributed by atoms with E-state index in [-0.39, 0.29) is 0 Å². The number of nitrogens with one attached hydrogen (secondary N) is 2. The molecule has 2 aromatic heterocycles. The summed E-state index contributed by atoms with van der Waals surface area (Å²) >= 11 is 0. The van der Waals surface area contributed by atoms with Gasteiger partial charge in [0.2, 0.25) is 5.95 Å². The van der Waals surface area contributed by atoms with E-state index >= 15 is 0 Å². The van der Waals surface area contributed by atoms with Crippen molar-refractivity contribution in [2.45, 2.75) is 0 Å². The zero-order valence-electron chi connectivity index (χ0n) is 12.3. The lowest BCUT2D eigenvalue weighted by atomic mass is 10.3. The summed E-state index contributed by atoms with van der Waals surface area (Å²) in [4.78, 5) is 7.60. The molecule has 0 saturated carbocycles. The topological polar surface area (TPSA) is 58.0 Å². The molecule has 0 aliphatic carbocycles. The van der Waals surface area contributed by atoms with Crippen LogP contribution in [0.15, 0.2) is 78.0 Å². The maximum atomic E-state index is 4.42. The van der Waals surface area contributed by atoms with E-state index in [1.54, 1.807) is 6.21 Å². The van der Waals surface area contributed by atoms with Gasteiger partial charge in [-0.15, -0.1) is 0 Å². The molecule has 112 valence electrons. The Bertz CT molecular complexity index is 917. The summed E-state index contributed by atoms with van der Waals surface area (Å²) in [7, 11) is 0. The number of fused-ring (bicyclic) bond motifs is 1. The molecule has 0 amide bonds. The second-order valence-corrected chi connectivity index (χ2v) is 5.11. The van der Waals surface area contributed by atoms with Crippen molar-refractivity contribution in [1.82, 2.24) is 14.5 Å². The van der Waals surface area contributed by atoms with Gasteiger partial charge >= 0.3 is 0 Å². The molecule has 2 aromatic carbocycles. The normalized spacial score (nSPS) is 11.3. The number of hydrogen-bond donors (Lipinski definition) is 2. The van der Waals surface area contributed by atoms with E-state index in [9.17, 15) is 0 Å². The van der Waals surface area contributed by atoms with Gasteiger partial charge in [0.15, 0.2) is 0 Å². The van der Waals surface area contributed by atoms with Gasteiger partial charge < -0.3 is 9.55 Å². The Kier molecular flexibility index (Phi) is 3.37. The van der Waals surface area contributed by atoms with Crippen molar-refractivity contribution in [3.63, 3.8) is 0 Å². The molecular weight excluding hydrogens is 286 g/mol. The predicted molar refractivity (Wildman–Crippen MR) is 93.1 cm³/mol. The van der Waals surface area contributed by atoms with Crippen LogP contribution in [0.1, 0.15) is 5.69 Å². The molecule has 23 heavy (non-hydrogen) atoms. The molecule has 5 nitrogen and oxygen atoms in total. The molecule has 0 atom stereocenters. The summed E-state index contributed by atoms with van der Waals surface area (Å²) in [5.74, 6) is 0.625. The van der Waals surface area contributed by atoms with Crippen LogP contribution in [0, 0.1) is 0 Å². The largest absolute Gasteiger partial charge is 0.323 e. The summed E-state index contributed by atoms with van der Waals surface area (Å²) in [5, 5.41) is 4.28. The molecular formula is C18H15N5. The molecule has 4 rings (SSSR count). The lowest BCUT2D eigenvalue weighted by molar-refractivity contribution is 1.06. The zero-order valence-corrected chi connectivity index (χ0v) is 12.3. The Labute approximate surface area is 133 Å². The van der Waals surface area contributed by atoms with E-state index in [1.807, 2.05) is 60.8 Å². The molecule has 0 fully saturated rings. The van der Waals surface area contributed by atoms with Crippen molar-refractivity contribution in [3.05, 3.63) is 78.6 Å². The molecule has 0 aliphatic heterocycles. The van der Waals surface area contributed by atoms with Crippen LogP contribution in [0.25, 0.3) is 16.7 Å². The summed E-state index contributed by atoms with van der Waals surface area (Å²) in [5.41, 5.74) is 6.92. The van der Waals surface area contributed by atoms with Crippen LogP contribution in [-0.4, -0.2) is 20.7 Å². The lowest BCUT2D eigenvalue weighted by Gasteiger charge is -2.05. The smallest absolute Gasteiger partial charge is 0.222 e. The molecule has 5 heteroatoms. The Balaban J connectivity index is 1.54. The Morgan fingerprint density at radius 1 is 0.957 bits per heavy atom. The van der Waals surface area contributed by atoms with E-state index in [4.69, 9.17) is 0 Å². The number of imidazole rings is 1. The molecule has 4 aromatic rings. The van der Waals surface area contributed by atoms with Gasteiger partial charge in [0, 0.05) is 11.9 Å². The van der Waals surface area contributed by atoms with Gasteiger partial charge in [-0.25, -0.2) is 10.4 Å². The van der Waals surface area contributed by atoms with Gasteiger partial charge in [-0.1, -0.05) is 30.3 Å². The number of nitrogens with zero attached hydrogens (tertiary/aromatic N) is 3. The number of hydrazone groups is 1. The second kappa shape index (κ2) is 5.81. The first kappa shape index (κ1) is 13.3. The van der Waals surface area contributed by atoms with E-state index < -0.39 is 0 Å². The molecule has 2 heterocycles. The molecule has 0 saturated heterocycles. The molecule has 0 spiro atoms. The van der Waals surface area contributed by atoms with Crippen molar-refractivity contribution in [1.29, 1.82) is 0 Å². The van der Waals surface area contributed by atoms with Crippen molar-refractivity contribution >= 4 is 23.2 Å². The maximum Gasteiger partial charge on any atom is 0.222 e. The van der Waals surface area contributed by atoms with Gasteiger partial charge in [-0.3, -0.25) is 0 Å². The van der Waals surface area contributed by atoms with Crippen molar-refractivity contribution in [3.8, 4) is 5.69 Å². The Hall–Kier alpha value is -3.34. The zero-order chi connectivity index (χ0) is 15.5. The number of rotatable bonds is 4. The first-order valence-electron chi connectivity index (χ1n) is 7.37. The molecule has 0 bridgehead atoms. The highest BCUT2D eigenvalue weighted by molar-refractivity contribution is 5.80. The SMILES string of the molecule is C(=N\Nc1nc2ccccc2[nH]1)/c1cccn1-c1ccccc1. The third-order valence-corrected chi connectivity index (χ3v) is 3.57. The predicted octanol–water partition coefficient (Wildman–Crippen LogP) is 3.80. The van der Waals surface area contributed by atoms with Crippen LogP contribution in [0.4, 0.5) is 5.95 Å². The van der Waals surface area contributed by atoms with Gasteiger partial charge in [-0.05, 0) is 36.4 Å². The van der Waals surface area contributed by atoms with E-state index in [2.05, 4.69) is 37.2 Å². The van der Waals surface area contributed by atoms with Crippen molar-refractivity contribution in [2.24, 2.45) is 5.10 Å². The maximum absolute atomic E-state index is 4.42. The van der Waals surface area contributed by atoms with Gasteiger partial charge in [0.25, 0.3) is 0 Å². The summed E-state index contributed by atoms with van der Waals surface area (Å²) in [6.07, 6.45) is 3.79. The van der Waals surface area contributed by atoms with Gasteiger partial charge in [0.05, 0.1) is 22.9 Å². The van der Waals surface area contributed by atoms with Crippen LogP contribution in [-0.2, 0) is 0 Å². The molecule has 2 N–H and O–H groups in total. The first-order chi connectivity index (χ1) is 11.4. The average Bonchev–Trinajstić information content (AvgIpc) is 3.22. The standard InChI is InChI=1S/C18H15N5/c1-2-7-14(8-3-1)23-12-6-9-15(23)13-19-22-18-20-16-10-4-5-11-17(16)21-18/h1-13H,(H2,20,21,22)/b19-13+. The highest BCUT2D eigenvalue weighted by atomic mass is 15.4. The minimum absolute atomic E-state index is 0.625. The third-order valence-electron chi connectivity index (χ3n) is 3.57. The number of anilines is 1. The van der Waals surface area contributed by atoms with Crippen LogP contribution in [0.3, 0.4) is 0 Å². The Morgan fingerprint density at radius 2 is 1.78 bits per heavy atom. The number of H-pyrrole nitrogens is 1. The summed E-state index contributed by atoms with van der Waals surface area (Å²) in [6.45, 7) is 0. The minimum Gasteiger partial charge on any atom is -0.323 e. The van der Waals surface area contributed by atoms with Gasteiger partial charge in [0.1, 0.15) is 0 Å². The number of para-hydroxylation sites is 3. The van der Waals surface area contributed by atoms with Crippen molar-refractivity contribution < 1.29 is 0 Å². The minimum atomic E-state index is 0.625. The average molecular weight is 301 g/mol. The summed E-state index contributed by atoms with van der Waals surface area (Å²) < 4.78 is 2.07. The van der Waals surface area contributed by atoms with E-state index in [0.717, 1.165) is 22.4 Å². The fourth-order valence-corrected chi connectivity index (χ4v) is 2.49. The first-order valence-corrected chi connectivity index (χ1v) is 7.37. The van der Waals surface area contributed by atoms with Gasteiger partial charge in [-0.2, -0.15) is 5.10 Å². The van der Waals surface area contributed by atoms with Crippen LogP contribution in [0.2, 0.25) is 0 Å². The second-order valence-electron chi connectivity index (χ2n) is 5.11. The van der Waals surface area contributed by atoms with E-state index in [0.29, 0.717) is 5.95 Å². The highest BCUT2D eigenvalue weighted by Gasteiger charge is 2.01. The number of benzene rings is 2. The molecule has 0 aliphatic rings. The van der Waals surface area contributed by atoms with Crippen LogP contribution < -0.4 is 5.43 Å². The molecule has 0 radical (unpaired) electrons. The lowest BCUT2D eigenvalue weighted by Crippen LogP contribution is -1.99. The fourth-order valence-electron chi connectivity index (χ4n) is 2.49. The van der Waals surface area contributed by atoms with Crippen LogP contribution >= 0.6 is 0 Å². The quantitative estimate of drug-likeness (QED) is 0.445. The van der Waals surface area contributed by atoms with Crippen LogP contribution in [0.5, 0.6) is 0 Å². The third kappa shape index (κ3) is 2.72. The number of aromatic amines is 1. The highest BCUT2D eigenvalue weighted by Crippen LogP contribution is 2.14. The monoisotopic (exact) mass is 301 g/mol. The molecule has 0 unspecified atom stereocenters. The summed E-state index contributed by atoms with van der Waals surface area (Å²) in [6, 6.07) is 22.0. The fraction of sp³-hybridized carbons (Fsp3) is 0. The Morgan fingerprint density at radius 3 is 2.65 bits per heavy atom. The van der Waals surface area contributed by atoms with E-state index in [1.165, 1.54) is 0 Å². The van der Waals surface area contributed by atoms with Crippen molar-refractivity contribution in [2.75, 3.05) is 5.43 Å². The number of hydrogen-bond acceptors (Lipinski definition) is 3. The number of aromatic nitrogens is 3.